The summed E-state index contributed by atoms with van der Waals surface area (Å²) in [6, 6.07) is 1.95. The first kappa shape index (κ1) is 18.5. The van der Waals surface area contributed by atoms with E-state index < -0.39 is 0 Å². The maximum Gasteiger partial charge on any atom is 0.227 e. The highest BCUT2D eigenvalue weighted by Crippen LogP contribution is 2.25. The molecule has 0 aliphatic carbocycles. The molecule has 2 unspecified atom stereocenters. The maximum atomic E-state index is 12.6. The lowest BCUT2D eigenvalue weighted by Gasteiger charge is -2.33. The highest BCUT2D eigenvalue weighted by Gasteiger charge is 2.25. The second-order valence-electron chi connectivity index (χ2n) is 7.60. The number of carbonyl (C=O) groups excluding carboxylic acids is 1. The van der Waals surface area contributed by atoms with Gasteiger partial charge in [0.05, 0.1) is 5.92 Å². The largest absolute Gasteiger partial charge is 0.466 e. The van der Waals surface area contributed by atoms with E-state index in [1.54, 1.807) is 12.5 Å². The fraction of sp³-hybridized carbons (Fsp3) is 0.500. The Morgan fingerprint density at radius 2 is 2.29 bits per heavy atom. The molecule has 28 heavy (non-hydrogen) atoms. The van der Waals surface area contributed by atoms with E-state index in [4.69, 9.17) is 4.42 Å². The number of anilines is 1. The zero-order chi connectivity index (χ0) is 19.7. The average Bonchev–Trinajstić information content (AvgIpc) is 3.31. The number of nitrogens with zero attached hydrogens (tertiary/aromatic N) is 5. The summed E-state index contributed by atoms with van der Waals surface area (Å²) in [5.74, 6) is 2.71. The number of hydrogen-bond acceptors (Lipinski definition) is 6. The monoisotopic (exact) mass is 382 g/mol. The zero-order valence-corrected chi connectivity index (χ0v) is 16.6. The Morgan fingerprint density at radius 1 is 1.43 bits per heavy atom. The second kappa shape index (κ2) is 7.61. The number of piperidine rings is 1. The lowest BCUT2D eigenvalue weighted by Crippen LogP contribution is -2.42. The van der Waals surface area contributed by atoms with Crippen molar-refractivity contribution in [3.63, 3.8) is 0 Å². The molecule has 4 heterocycles. The molecule has 4 rings (SSSR count). The topological polar surface area (TPSA) is 88.6 Å². The van der Waals surface area contributed by atoms with Gasteiger partial charge in [-0.2, -0.15) is 0 Å². The molecule has 0 bridgehead atoms. The van der Waals surface area contributed by atoms with Crippen LogP contribution in [0.3, 0.4) is 0 Å². The van der Waals surface area contributed by atoms with Crippen LogP contribution >= 0.6 is 0 Å². The van der Waals surface area contributed by atoms with E-state index in [-0.39, 0.29) is 11.8 Å². The fourth-order valence-corrected chi connectivity index (χ4v) is 4.01. The van der Waals surface area contributed by atoms with Crippen LogP contribution < -0.4 is 10.2 Å². The van der Waals surface area contributed by atoms with Gasteiger partial charge in [-0.25, -0.2) is 4.98 Å². The molecule has 1 amide bonds. The van der Waals surface area contributed by atoms with E-state index in [1.165, 1.54) is 0 Å². The fourth-order valence-electron chi connectivity index (χ4n) is 4.01. The molecule has 1 aliphatic heterocycles. The molecule has 3 aromatic rings. The van der Waals surface area contributed by atoms with Crippen molar-refractivity contribution in [3.05, 3.63) is 41.9 Å². The summed E-state index contributed by atoms with van der Waals surface area (Å²) in [5, 5.41) is 11.3. The Labute approximate surface area is 164 Å². The SMILES string of the molecule is Cc1cc(C(C)C(=O)NCC2CCCN(c3nccn4cnnc34)C2)c(C)o1. The third-order valence-electron chi connectivity index (χ3n) is 5.52. The van der Waals surface area contributed by atoms with Crippen LogP contribution in [0.15, 0.2) is 29.2 Å². The summed E-state index contributed by atoms with van der Waals surface area (Å²) >= 11 is 0. The summed E-state index contributed by atoms with van der Waals surface area (Å²) in [7, 11) is 0. The number of nitrogens with one attached hydrogen (secondary N) is 1. The second-order valence-corrected chi connectivity index (χ2v) is 7.60. The minimum atomic E-state index is -0.219. The molecule has 3 aromatic heterocycles. The molecular formula is C20H26N6O2. The predicted octanol–water partition coefficient (Wildman–Crippen LogP) is 2.47. The van der Waals surface area contributed by atoms with Crippen LogP contribution in [0, 0.1) is 19.8 Å². The van der Waals surface area contributed by atoms with Gasteiger partial charge >= 0.3 is 0 Å². The van der Waals surface area contributed by atoms with Crippen molar-refractivity contribution in [2.24, 2.45) is 5.92 Å². The average molecular weight is 382 g/mol. The van der Waals surface area contributed by atoms with Crippen LogP contribution in [0.5, 0.6) is 0 Å². The molecule has 1 fully saturated rings. The molecule has 0 saturated carbocycles. The zero-order valence-electron chi connectivity index (χ0n) is 16.6. The van der Waals surface area contributed by atoms with E-state index in [1.807, 2.05) is 37.4 Å². The van der Waals surface area contributed by atoms with Gasteiger partial charge in [-0.1, -0.05) is 0 Å². The minimum Gasteiger partial charge on any atom is -0.466 e. The maximum absolute atomic E-state index is 12.6. The van der Waals surface area contributed by atoms with Crippen LogP contribution in [0.1, 0.15) is 42.8 Å². The van der Waals surface area contributed by atoms with E-state index in [0.717, 1.165) is 54.5 Å². The number of furan rings is 1. The van der Waals surface area contributed by atoms with Crippen LogP contribution in [-0.4, -0.2) is 45.1 Å². The Morgan fingerprint density at radius 3 is 3.07 bits per heavy atom. The number of rotatable bonds is 5. The van der Waals surface area contributed by atoms with E-state index in [0.29, 0.717) is 12.5 Å². The normalized spacial score (nSPS) is 18.4. The quantitative estimate of drug-likeness (QED) is 0.729. The highest BCUT2D eigenvalue weighted by atomic mass is 16.3. The third-order valence-corrected chi connectivity index (χ3v) is 5.52. The van der Waals surface area contributed by atoms with Crippen LogP contribution in [0.25, 0.3) is 5.65 Å². The highest BCUT2D eigenvalue weighted by molar-refractivity contribution is 5.83. The molecule has 8 nitrogen and oxygen atoms in total. The van der Waals surface area contributed by atoms with Crippen molar-refractivity contribution in [2.45, 2.75) is 39.5 Å². The first-order chi connectivity index (χ1) is 13.5. The van der Waals surface area contributed by atoms with Crippen molar-refractivity contribution in [2.75, 3.05) is 24.5 Å². The Hall–Kier alpha value is -2.90. The van der Waals surface area contributed by atoms with E-state index >= 15 is 0 Å². The van der Waals surface area contributed by atoms with Gasteiger partial charge in [0.2, 0.25) is 11.6 Å². The van der Waals surface area contributed by atoms with Crippen LogP contribution in [0.2, 0.25) is 0 Å². The summed E-state index contributed by atoms with van der Waals surface area (Å²) in [4.78, 5) is 19.4. The number of aromatic nitrogens is 4. The molecular weight excluding hydrogens is 356 g/mol. The summed E-state index contributed by atoms with van der Waals surface area (Å²) in [6.45, 7) is 8.18. The van der Waals surface area contributed by atoms with Gasteiger partial charge < -0.3 is 14.6 Å². The molecule has 0 spiro atoms. The smallest absolute Gasteiger partial charge is 0.227 e. The first-order valence-corrected chi connectivity index (χ1v) is 9.77. The minimum absolute atomic E-state index is 0.0405. The van der Waals surface area contributed by atoms with Crippen molar-refractivity contribution in [1.29, 1.82) is 0 Å². The predicted molar refractivity (Wildman–Crippen MR) is 105 cm³/mol. The van der Waals surface area contributed by atoms with Gasteiger partial charge in [0.1, 0.15) is 17.8 Å². The molecule has 1 N–H and O–H groups in total. The standard InChI is InChI=1S/C20H26N6O2/c1-13-9-17(15(3)28-13)14(2)20(27)22-10-16-5-4-7-25(11-16)18-19-24-23-12-26(19)8-6-21-18/h6,8-9,12,14,16H,4-5,7,10-11H2,1-3H3,(H,22,27). The lowest BCUT2D eigenvalue weighted by molar-refractivity contribution is -0.122. The van der Waals surface area contributed by atoms with Gasteiger partial charge in [0.15, 0.2) is 5.82 Å². The number of fused-ring (bicyclic) bond motifs is 1. The summed E-state index contributed by atoms with van der Waals surface area (Å²) < 4.78 is 7.44. The van der Waals surface area contributed by atoms with Crippen molar-refractivity contribution in [3.8, 4) is 0 Å². The molecule has 1 aliphatic rings. The van der Waals surface area contributed by atoms with Gasteiger partial charge in [-0.15, -0.1) is 10.2 Å². The number of aryl methyl sites for hydroxylation is 2. The summed E-state index contributed by atoms with van der Waals surface area (Å²) in [5.41, 5.74) is 1.73. The van der Waals surface area contributed by atoms with Crippen molar-refractivity contribution >= 4 is 17.4 Å². The number of hydrogen-bond donors (Lipinski definition) is 1. The van der Waals surface area contributed by atoms with Crippen LogP contribution in [0.4, 0.5) is 5.82 Å². The van der Waals surface area contributed by atoms with Gasteiger partial charge in [0.25, 0.3) is 0 Å². The number of amides is 1. The van der Waals surface area contributed by atoms with E-state index in [9.17, 15) is 4.79 Å². The molecule has 2 atom stereocenters. The molecule has 0 radical (unpaired) electrons. The number of carbonyl (C=O) groups is 1. The molecule has 148 valence electrons. The molecule has 0 aromatic carbocycles. The van der Waals surface area contributed by atoms with Gasteiger partial charge in [-0.05, 0) is 45.6 Å². The van der Waals surface area contributed by atoms with Crippen LogP contribution in [-0.2, 0) is 4.79 Å². The molecule has 1 saturated heterocycles. The Kier molecular flexibility index (Phi) is 5.02. The summed E-state index contributed by atoms with van der Waals surface area (Å²) in [6.07, 6.45) is 7.45. The Balaban J connectivity index is 1.38. The first-order valence-electron chi connectivity index (χ1n) is 9.77. The van der Waals surface area contributed by atoms with Crippen molar-refractivity contribution < 1.29 is 9.21 Å². The lowest BCUT2D eigenvalue weighted by atomic mass is 9.96. The molecule has 8 heteroatoms. The van der Waals surface area contributed by atoms with Gasteiger partial charge in [0, 0.05) is 37.6 Å². The van der Waals surface area contributed by atoms with E-state index in [2.05, 4.69) is 25.4 Å². The van der Waals surface area contributed by atoms with Gasteiger partial charge in [-0.3, -0.25) is 9.20 Å². The third kappa shape index (κ3) is 3.58. The van der Waals surface area contributed by atoms with Crippen molar-refractivity contribution in [1.82, 2.24) is 24.9 Å². The Bertz CT molecular complexity index is 978.